The van der Waals surface area contributed by atoms with Crippen molar-refractivity contribution in [2.45, 2.75) is 5.09 Å². The predicted octanol–water partition coefficient (Wildman–Crippen LogP) is -0.124. The second kappa shape index (κ2) is 4.89. The zero-order chi connectivity index (χ0) is 11.3. The number of amidine groups is 1. The normalized spacial score (nSPS) is 8.67. The lowest BCUT2D eigenvalue weighted by molar-refractivity contribution is -0.110. The number of rotatable bonds is 2. The average Bonchev–Trinajstić information content (AvgIpc) is 2.61. The van der Waals surface area contributed by atoms with Gasteiger partial charge in [-0.1, -0.05) is 0 Å². The molecule has 0 aliphatic rings. The summed E-state index contributed by atoms with van der Waals surface area (Å²) in [7, 11) is 0. The molecule has 0 aliphatic heterocycles. The van der Waals surface area contributed by atoms with Crippen molar-refractivity contribution in [2.75, 3.05) is 0 Å². The van der Waals surface area contributed by atoms with Gasteiger partial charge in [-0.2, -0.15) is 10.5 Å². The van der Waals surface area contributed by atoms with Gasteiger partial charge in [-0.3, -0.25) is 11.1 Å². The molecule has 6 heteroatoms. The number of nitrogens with two attached hydrogens (primary N) is 2. The fourth-order valence-electron chi connectivity index (χ4n) is 0.815. The fraction of sp³-hybridized carbons (Fsp3) is 0. The maximum Gasteiger partial charge on any atom is 0.307 e. The zero-order valence-corrected chi connectivity index (χ0v) is 8.41. The largest absolute Gasteiger partial charge is 0.450 e. The highest BCUT2D eigenvalue weighted by atomic mass is 32.2. The molecule has 15 heavy (non-hydrogen) atoms. The number of thioether (sulfide) groups is 1. The first kappa shape index (κ1) is 10.9. The summed E-state index contributed by atoms with van der Waals surface area (Å²) >= 11 is 1.07. The molecule has 0 aromatic carbocycles. The number of hydrogen-bond acceptors (Lipinski definition) is 4. The molecular formula is C9H7N4OS+. The van der Waals surface area contributed by atoms with Crippen molar-refractivity contribution in [3.8, 4) is 12.1 Å². The SMILES string of the molecule is N#CC(C#N)=Cc1ccc(SC(N)=[NH2+])o1. The van der Waals surface area contributed by atoms with Crippen LogP contribution in [0.1, 0.15) is 5.76 Å². The van der Waals surface area contributed by atoms with Crippen molar-refractivity contribution in [3.05, 3.63) is 23.5 Å². The summed E-state index contributed by atoms with van der Waals surface area (Å²) in [6, 6.07) is 6.74. The number of nitriles is 2. The highest BCUT2D eigenvalue weighted by molar-refractivity contribution is 8.13. The zero-order valence-electron chi connectivity index (χ0n) is 7.60. The van der Waals surface area contributed by atoms with E-state index in [1.807, 2.05) is 0 Å². The molecule has 0 atom stereocenters. The van der Waals surface area contributed by atoms with Gasteiger partial charge in [-0.15, -0.1) is 0 Å². The van der Waals surface area contributed by atoms with E-state index in [1.165, 1.54) is 6.08 Å². The van der Waals surface area contributed by atoms with Gasteiger partial charge >= 0.3 is 5.17 Å². The van der Waals surface area contributed by atoms with E-state index in [9.17, 15) is 0 Å². The van der Waals surface area contributed by atoms with Gasteiger partial charge in [0.2, 0.25) is 0 Å². The molecule has 0 radical (unpaired) electrons. The third-order valence-electron chi connectivity index (χ3n) is 1.35. The van der Waals surface area contributed by atoms with E-state index in [1.54, 1.807) is 24.3 Å². The van der Waals surface area contributed by atoms with E-state index in [4.69, 9.17) is 26.1 Å². The Kier molecular flexibility index (Phi) is 3.55. The molecule has 1 rings (SSSR count). The Morgan fingerprint density at radius 3 is 2.67 bits per heavy atom. The lowest BCUT2D eigenvalue weighted by atomic mass is 10.3. The first-order valence-electron chi connectivity index (χ1n) is 3.83. The molecule has 0 saturated carbocycles. The third kappa shape index (κ3) is 3.22. The predicted molar refractivity (Wildman–Crippen MR) is 54.9 cm³/mol. The molecule has 74 valence electrons. The molecule has 4 N–H and O–H groups in total. The minimum atomic E-state index is -0.0226. The molecule has 0 fully saturated rings. The van der Waals surface area contributed by atoms with Crippen molar-refractivity contribution >= 4 is 23.0 Å². The van der Waals surface area contributed by atoms with Crippen LogP contribution in [0, 0.1) is 22.7 Å². The van der Waals surface area contributed by atoms with E-state index in [0.717, 1.165) is 11.8 Å². The van der Waals surface area contributed by atoms with Gasteiger partial charge in [0, 0.05) is 17.8 Å². The Bertz CT molecular complexity index is 473. The van der Waals surface area contributed by atoms with E-state index in [-0.39, 0.29) is 10.7 Å². The maximum atomic E-state index is 8.51. The highest BCUT2D eigenvalue weighted by Gasteiger charge is 2.06. The number of allylic oxidation sites excluding steroid dienone is 1. The van der Waals surface area contributed by atoms with Crippen LogP contribution in [-0.2, 0) is 0 Å². The Morgan fingerprint density at radius 1 is 1.47 bits per heavy atom. The van der Waals surface area contributed by atoms with E-state index >= 15 is 0 Å². The number of nitrogens with zero attached hydrogens (tertiary/aromatic N) is 2. The second-order valence-corrected chi connectivity index (χ2v) is 3.52. The van der Waals surface area contributed by atoms with Crippen molar-refractivity contribution in [3.63, 3.8) is 0 Å². The van der Waals surface area contributed by atoms with Crippen LogP contribution in [0.25, 0.3) is 6.08 Å². The Labute approximate surface area is 90.3 Å². The van der Waals surface area contributed by atoms with Gasteiger partial charge in [0.05, 0.1) is 0 Å². The third-order valence-corrected chi connectivity index (χ3v) is 2.00. The van der Waals surface area contributed by atoms with Crippen LogP contribution >= 0.6 is 11.8 Å². The molecule has 1 heterocycles. The van der Waals surface area contributed by atoms with E-state index in [2.05, 4.69) is 0 Å². The van der Waals surface area contributed by atoms with Gasteiger partial charge in [-0.05, 0) is 12.1 Å². The van der Waals surface area contributed by atoms with Gasteiger partial charge in [0.1, 0.15) is 23.5 Å². The molecule has 0 bridgehead atoms. The highest BCUT2D eigenvalue weighted by Crippen LogP contribution is 2.20. The van der Waals surface area contributed by atoms with Crippen LogP contribution in [0.2, 0.25) is 0 Å². The van der Waals surface area contributed by atoms with Crippen LogP contribution < -0.4 is 11.1 Å². The first-order chi connectivity index (χ1) is 7.15. The molecule has 1 aromatic heterocycles. The first-order valence-corrected chi connectivity index (χ1v) is 4.65. The lowest BCUT2D eigenvalue weighted by Gasteiger charge is -1.87. The summed E-state index contributed by atoms with van der Waals surface area (Å²) in [4.78, 5) is 0. The van der Waals surface area contributed by atoms with Crippen LogP contribution in [0.5, 0.6) is 0 Å². The van der Waals surface area contributed by atoms with Crippen LogP contribution in [0.3, 0.4) is 0 Å². The van der Waals surface area contributed by atoms with Gasteiger partial charge in [-0.25, -0.2) is 0 Å². The fourth-order valence-corrected chi connectivity index (χ4v) is 1.32. The van der Waals surface area contributed by atoms with Crippen LogP contribution in [0.15, 0.2) is 27.2 Å². The Balaban J connectivity index is 2.87. The summed E-state index contributed by atoms with van der Waals surface area (Å²) in [5.74, 6) is 0.414. The summed E-state index contributed by atoms with van der Waals surface area (Å²) < 4.78 is 5.23. The standard InChI is InChI=1S/C9H6N4OS/c10-4-6(5-11)3-7-1-2-8(14-7)15-9(12)13/h1-3H,(H3,12,13)/p+1. The molecule has 0 spiro atoms. The van der Waals surface area contributed by atoms with Gasteiger partial charge in [0.15, 0.2) is 5.09 Å². The molecule has 0 aliphatic carbocycles. The van der Waals surface area contributed by atoms with E-state index < -0.39 is 0 Å². The van der Waals surface area contributed by atoms with Gasteiger partial charge < -0.3 is 4.42 Å². The monoisotopic (exact) mass is 219 g/mol. The lowest BCUT2D eigenvalue weighted by Crippen LogP contribution is -2.43. The summed E-state index contributed by atoms with van der Waals surface area (Å²) in [5, 5.41) is 23.0. The number of furan rings is 1. The Morgan fingerprint density at radius 2 is 2.13 bits per heavy atom. The minimum Gasteiger partial charge on any atom is -0.450 e. The molecule has 0 saturated heterocycles. The minimum absolute atomic E-state index is 0.0226. The number of hydrogen-bond donors (Lipinski definition) is 2. The topological polar surface area (TPSA) is 112 Å². The van der Waals surface area contributed by atoms with Crippen molar-refractivity contribution < 1.29 is 9.83 Å². The average molecular weight is 219 g/mol. The summed E-state index contributed by atoms with van der Waals surface area (Å²) in [6.45, 7) is 0. The summed E-state index contributed by atoms with van der Waals surface area (Å²) in [6.07, 6.45) is 1.34. The van der Waals surface area contributed by atoms with Gasteiger partial charge in [0.25, 0.3) is 0 Å². The van der Waals surface area contributed by atoms with E-state index in [0.29, 0.717) is 10.9 Å². The van der Waals surface area contributed by atoms with Crippen molar-refractivity contribution in [1.82, 2.24) is 0 Å². The van der Waals surface area contributed by atoms with Crippen molar-refractivity contribution in [2.24, 2.45) is 5.73 Å². The smallest absolute Gasteiger partial charge is 0.307 e. The summed E-state index contributed by atoms with van der Waals surface area (Å²) in [5.41, 5.74) is 5.24. The Hall–Kier alpha value is -2.18. The molecule has 0 amide bonds. The maximum absolute atomic E-state index is 8.51. The second-order valence-electron chi connectivity index (χ2n) is 2.44. The molecule has 0 unspecified atom stereocenters. The van der Waals surface area contributed by atoms with Crippen LogP contribution in [-0.4, -0.2) is 5.17 Å². The molecular weight excluding hydrogens is 212 g/mol. The van der Waals surface area contributed by atoms with Crippen LogP contribution in [0.4, 0.5) is 0 Å². The molecule has 5 nitrogen and oxygen atoms in total. The molecule has 1 aromatic rings. The van der Waals surface area contributed by atoms with Crippen molar-refractivity contribution in [1.29, 1.82) is 10.5 Å². The quantitative estimate of drug-likeness (QED) is 0.311.